The van der Waals surface area contributed by atoms with Crippen LogP contribution in [0.5, 0.6) is 0 Å². The van der Waals surface area contributed by atoms with Gasteiger partial charge in [0.25, 0.3) is 0 Å². The van der Waals surface area contributed by atoms with Crippen molar-refractivity contribution in [3.8, 4) is 5.82 Å². The molecule has 0 saturated carbocycles. The third kappa shape index (κ3) is 2.73. The summed E-state index contributed by atoms with van der Waals surface area (Å²) in [5.41, 5.74) is 3.12. The topological polar surface area (TPSA) is 47.8 Å². The molecule has 0 amide bonds. The SMILES string of the molecule is CC(c1ccc2c(c1)SC(=O)C2)c1ccn(-c2ccc(F)cn2)n1. The minimum atomic E-state index is -0.371. The lowest BCUT2D eigenvalue weighted by Crippen LogP contribution is -2.02. The van der Waals surface area contributed by atoms with Crippen LogP contribution in [0, 0.1) is 5.82 Å². The Bertz CT molecular complexity index is 920. The molecule has 24 heavy (non-hydrogen) atoms. The van der Waals surface area contributed by atoms with Crippen LogP contribution in [0.4, 0.5) is 4.39 Å². The van der Waals surface area contributed by atoms with Crippen molar-refractivity contribution in [3.05, 3.63) is 71.4 Å². The van der Waals surface area contributed by atoms with Gasteiger partial charge in [-0.05, 0) is 35.4 Å². The molecule has 0 N–H and O–H groups in total. The maximum atomic E-state index is 13.0. The highest BCUT2D eigenvalue weighted by atomic mass is 32.2. The van der Waals surface area contributed by atoms with Crippen LogP contribution in [-0.2, 0) is 11.2 Å². The quantitative estimate of drug-likeness (QED) is 0.729. The van der Waals surface area contributed by atoms with Crippen molar-refractivity contribution in [2.75, 3.05) is 0 Å². The molecule has 3 aromatic rings. The minimum absolute atomic E-state index is 0.0910. The minimum Gasteiger partial charge on any atom is -0.286 e. The van der Waals surface area contributed by atoms with E-state index in [4.69, 9.17) is 0 Å². The molecule has 2 aromatic heterocycles. The zero-order valence-corrected chi connectivity index (χ0v) is 13.8. The first-order valence-electron chi connectivity index (χ1n) is 7.61. The number of nitrogens with zero attached hydrogens (tertiary/aromatic N) is 3. The van der Waals surface area contributed by atoms with Crippen LogP contribution in [0.2, 0.25) is 0 Å². The number of halogens is 1. The zero-order valence-electron chi connectivity index (χ0n) is 12.9. The molecule has 1 aromatic carbocycles. The maximum Gasteiger partial charge on any atom is 0.198 e. The summed E-state index contributed by atoms with van der Waals surface area (Å²) in [5, 5.41) is 4.75. The third-order valence-corrected chi connectivity index (χ3v) is 5.12. The number of pyridine rings is 1. The lowest BCUT2D eigenvalue weighted by molar-refractivity contribution is -0.110. The lowest BCUT2D eigenvalue weighted by Gasteiger charge is -2.10. The van der Waals surface area contributed by atoms with Crippen molar-refractivity contribution in [3.63, 3.8) is 0 Å². The fraction of sp³-hybridized carbons (Fsp3) is 0.167. The molecule has 1 atom stereocenters. The van der Waals surface area contributed by atoms with E-state index in [1.54, 1.807) is 10.7 Å². The Balaban J connectivity index is 1.61. The number of rotatable bonds is 3. The summed E-state index contributed by atoms with van der Waals surface area (Å²) in [5.74, 6) is 0.294. The molecule has 1 unspecified atom stereocenters. The number of carbonyl (C=O) groups excluding carboxylic acids is 1. The van der Waals surface area contributed by atoms with Crippen molar-refractivity contribution < 1.29 is 9.18 Å². The molecule has 0 aliphatic carbocycles. The Morgan fingerprint density at radius 3 is 2.92 bits per heavy atom. The Kier molecular flexibility index (Phi) is 3.69. The van der Waals surface area contributed by atoms with Gasteiger partial charge in [0.05, 0.1) is 11.9 Å². The van der Waals surface area contributed by atoms with Crippen LogP contribution in [-0.4, -0.2) is 19.9 Å². The van der Waals surface area contributed by atoms with Crippen LogP contribution in [0.3, 0.4) is 0 Å². The van der Waals surface area contributed by atoms with Gasteiger partial charge in [0.1, 0.15) is 5.82 Å². The van der Waals surface area contributed by atoms with Crippen molar-refractivity contribution in [2.24, 2.45) is 0 Å². The molecule has 120 valence electrons. The number of carbonyl (C=O) groups is 1. The van der Waals surface area contributed by atoms with E-state index in [1.807, 2.05) is 18.3 Å². The highest BCUT2D eigenvalue weighted by molar-refractivity contribution is 8.14. The number of hydrogen-bond donors (Lipinski definition) is 0. The summed E-state index contributed by atoms with van der Waals surface area (Å²) in [6, 6.07) is 11.0. The summed E-state index contributed by atoms with van der Waals surface area (Å²) in [7, 11) is 0. The molecule has 3 heterocycles. The predicted octanol–water partition coefficient (Wildman–Crippen LogP) is 3.73. The first kappa shape index (κ1) is 15.1. The molecule has 0 fully saturated rings. The summed E-state index contributed by atoms with van der Waals surface area (Å²) in [4.78, 5) is 16.6. The monoisotopic (exact) mass is 339 g/mol. The standard InChI is InChI=1S/C18H14FN3OS/c1-11(12-2-3-13-9-18(23)24-16(13)8-12)15-6-7-22(21-15)17-5-4-14(19)10-20-17/h2-8,10-11H,9H2,1H3. The molecule has 1 aliphatic heterocycles. The molecule has 0 bridgehead atoms. The highest BCUT2D eigenvalue weighted by Gasteiger charge is 2.21. The van der Waals surface area contributed by atoms with Crippen molar-refractivity contribution in [2.45, 2.75) is 24.2 Å². The van der Waals surface area contributed by atoms with E-state index in [0.717, 1.165) is 21.7 Å². The van der Waals surface area contributed by atoms with Gasteiger partial charge >= 0.3 is 0 Å². The van der Waals surface area contributed by atoms with E-state index >= 15 is 0 Å². The molecule has 0 radical (unpaired) electrons. The van der Waals surface area contributed by atoms with Crippen molar-refractivity contribution >= 4 is 16.9 Å². The predicted molar refractivity (Wildman–Crippen MR) is 89.8 cm³/mol. The second-order valence-corrected chi connectivity index (χ2v) is 6.86. The molecule has 0 spiro atoms. The summed E-state index contributed by atoms with van der Waals surface area (Å²) >= 11 is 1.31. The average Bonchev–Trinajstić information content (AvgIpc) is 3.20. The van der Waals surface area contributed by atoms with Gasteiger partial charge in [-0.15, -0.1) is 0 Å². The van der Waals surface area contributed by atoms with Crippen LogP contribution >= 0.6 is 11.8 Å². The number of aromatic nitrogens is 3. The highest BCUT2D eigenvalue weighted by Crippen LogP contribution is 2.35. The Hall–Kier alpha value is -2.47. The van der Waals surface area contributed by atoms with Gasteiger partial charge < -0.3 is 0 Å². The Morgan fingerprint density at radius 1 is 1.25 bits per heavy atom. The van der Waals surface area contributed by atoms with E-state index < -0.39 is 0 Å². The van der Waals surface area contributed by atoms with Gasteiger partial charge in [-0.2, -0.15) is 5.10 Å². The van der Waals surface area contributed by atoms with Gasteiger partial charge in [0.2, 0.25) is 0 Å². The van der Waals surface area contributed by atoms with Gasteiger partial charge in [-0.25, -0.2) is 14.1 Å². The molecular weight excluding hydrogens is 325 g/mol. The van der Waals surface area contributed by atoms with Gasteiger partial charge in [-0.1, -0.05) is 30.8 Å². The second kappa shape index (κ2) is 5.87. The molecular formula is C18H14FN3OS. The van der Waals surface area contributed by atoms with Crippen LogP contribution in [0.25, 0.3) is 5.82 Å². The van der Waals surface area contributed by atoms with Crippen LogP contribution in [0.1, 0.15) is 29.7 Å². The van der Waals surface area contributed by atoms with Crippen molar-refractivity contribution in [1.29, 1.82) is 0 Å². The number of benzene rings is 1. The lowest BCUT2D eigenvalue weighted by atomic mass is 9.96. The molecule has 4 nitrogen and oxygen atoms in total. The largest absolute Gasteiger partial charge is 0.286 e. The fourth-order valence-corrected chi connectivity index (χ4v) is 3.71. The summed E-state index contributed by atoms with van der Waals surface area (Å²) in [6.07, 6.45) is 3.51. The molecule has 0 saturated heterocycles. The van der Waals surface area contributed by atoms with E-state index in [2.05, 4.69) is 29.1 Å². The number of thioether (sulfide) groups is 1. The summed E-state index contributed by atoms with van der Waals surface area (Å²) in [6.45, 7) is 2.08. The second-order valence-electron chi connectivity index (χ2n) is 5.76. The van der Waals surface area contributed by atoms with Crippen LogP contribution in [0.15, 0.2) is 53.7 Å². The summed E-state index contributed by atoms with van der Waals surface area (Å²) < 4.78 is 14.6. The maximum absolute atomic E-state index is 13.0. The third-order valence-electron chi connectivity index (χ3n) is 4.15. The molecule has 4 rings (SSSR count). The number of hydrogen-bond acceptors (Lipinski definition) is 4. The average molecular weight is 339 g/mol. The smallest absolute Gasteiger partial charge is 0.198 e. The first-order chi connectivity index (χ1) is 11.6. The Morgan fingerprint density at radius 2 is 2.12 bits per heavy atom. The normalized spacial score (nSPS) is 14.7. The van der Waals surface area contributed by atoms with Crippen LogP contribution < -0.4 is 0 Å². The van der Waals surface area contributed by atoms with E-state index in [1.165, 1.54) is 24.0 Å². The van der Waals surface area contributed by atoms with E-state index in [-0.39, 0.29) is 16.9 Å². The zero-order chi connectivity index (χ0) is 16.7. The first-order valence-corrected chi connectivity index (χ1v) is 8.43. The number of fused-ring (bicyclic) bond motifs is 1. The van der Waals surface area contributed by atoms with Crippen molar-refractivity contribution in [1.82, 2.24) is 14.8 Å². The fourth-order valence-electron chi connectivity index (χ4n) is 2.77. The van der Waals surface area contributed by atoms with Gasteiger partial charge in [0, 0.05) is 23.4 Å². The van der Waals surface area contributed by atoms with Gasteiger partial charge in [0.15, 0.2) is 10.9 Å². The van der Waals surface area contributed by atoms with E-state index in [9.17, 15) is 9.18 Å². The Labute approximate surface area is 142 Å². The molecule has 1 aliphatic rings. The molecule has 6 heteroatoms. The van der Waals surface area contributed by atoms with E-state index in [0.29, 0.717) is 12.2 Å². The van der Waals surface area contributed by atoms with Gasteiger partial charge in [-0.3, -0.25) is 4.79 Å².